The minimum Gasteiger partial charge on any atom is -0.492 e. The summed E-state index contributed by atoms with van der Waals surface area (Å²) >= 11 is 1.20. The smallest absolute Gasteiger partial charge is 0.252 e. The fourth-order valence-corrected chi connectivity index (χ4v) is 5.87. The number of piperidine rings is 1. The summed E-state index contributed by atoms with van der Waals surface area (Å²) in [6.07, 6.45) is 1.38. The molecule has 6 nitrogen and oxygen atoms in total. The quantitative estimate of drug-likeness (QED) is 0.696. The summed E-state index contributed by atoms with van der Waals surface area (Å²) in [5, 5.41) is 4.62. The fourth-order valence-electron chi connectivity index (χ4n) is 3.20. The molecule has 1 saturated heterocycles. The molecule has 1 fully saturated rings. The number of hydrogen-bond donors (Lipinski definition) is 1. The summed E-state index contributed by atoms with van der Waals surface area (Å²) < 4.78 is 32.8. The highest BCUT2D eigenvalue weighted by Gasteiger charge is 2.33. The van der Waals surface area contributed by atoms with Crippen LogP contribution in [0.2, 0.25) is 0 Å². The maximum atomic E-state index is 12.7. The van der Waals surface area contributed by atoms with Crippen LogP contribution in [0.5, 0.6) is 5.75 Å². The van der Waals surface area contributed by atoms with Crippen molar-refractivity contribution >= 4 is 27.3 Å². The van der Waals surface area contributed by atoms with Crippen molar-refractivity contribution in [1.29, 1.82) is 0 Å². The molecule has 2 aromatic rings. The van der Waals surface area contributed by atoms with E-state index in [-0.39, 0.29) is 18.4 Å². The molecule has 28 heavy (non-hydrogen) atoms. The van der Waals surface area contributed by atoms with E-state index in [4.69, 9.17) is 4.74 Å². The van der Waals surface area contributed by atoms with Crippen LogP contribution in [-0.2, 0) is 14.8 Å². The lowest BCUT2D eigenvalue weighted by Gasteiger charge is -2.30. The maximum absolute atomic E-state index is 12.7. The fraction of sp³-hybridized carbons (Fsp3) is 0.450. The highest BCUT2D eigenvalue weighted by molar-refractivity contribution is 7.91. The van der Waals surface area contributed by atoms with Gasteiger partial charge in [0.25, 0.3) is 10.0 Å². The van der Waals surface area contributed by atoms with Gasteiger partial charge in [0.1, 0.15) is 16.6 Å². The third-order valence-corrected chi connectivity index (χ3v) is 8.23. The van der Waals surface area contributed by atoms with Crippen molar-refractivity contribution in [1.82, 2.24) is 9.62 Å². The van der Waals surface area contributed by atoms with Crippen molar-refractivity contribution in [3.8, 4) is 5.75 Å². The molecule has 1 aliphatic heterocycles. The van der Waals surface area contributed by atoms with Crippen molar-refractivity contribution < 1.29 is 17.9 Å². The van der Waals surface area contributed by atoms with E-state index in [1.54, 1.807) is 17.5 Å². The van der Waals surface area contributed by atoms with Gasteiger partial charge in [-0.25, -0.2) is 8.42 Å². The second-order valence-corrected chi connectivity index (χ2v) is 10.1. The number of aryl methyl sites for hydroxylation is 2. The van der Waals surface area contributed by atoms with Crippen LogP contribution in [-0.4, -0.2) is 44.9 Å². The highest BCUT2D eigenvalue weighted by atomic mass is 32.2. The van der Waals surface area contributed by atoms with Gasteiger partial charge in [0.2, 0.25) is 5.91 Å². The van der Waals surface area contributed by atoms with Crippen LogP contribution < -0.4 is 10.1 Å². The van der Waals surface area contributed by atoms with Crippen molar-refractivity contribution in [2.75, 3.05) is 26.2 Å². The zero-order valence-corrected chi connectivity index (χ0v) is 17.8. The number of rotatable bonds is 7. The maximum Gasteiger partial charge on any atom is 0.252 e. The lowest BCUT2D eigenvalue weighted by molar-refractivity contribution is -0.126. The minimum absolute atomic E-state index is 0.116. The number of benzene rings is 1. The van der Waals surface area contributed by atoms with Crippen LogP contribution in [0.15, 0.2) is 39.9 Å². The molecule has 1 aromatic heterocycles. The molecule has 0 aliphatic carbocycles. The van der Waals surface area contributed by atoms with E-state index in [9.17, 15) is 13.2 Å². The number of ether oxygens (including phenoxy) is 1. The molecule has 0 spiro atoms. The first-order valence-corrected chi connectivity index (χ1v) is 11.7. The summed E-state index contributed by atoms with van der Waals surface area (Å²) in [6, 6.07) is 9.23. The number of amides is 1. The average molecular weight is 423 g/mol. The number of hydrogen-bond acceptors (Lipinski definition) is 5. The minimum atomic E-state index is -3.51. The van der Waals surface area contributed by atoms with E-state index in [2.05, 4.69) is 5.32 Å². The molecule has 0 saturated carbocycles. The first-order chi connectivity index (χ1) is 13.4. The van der Waals surface area contributed by atoms with Gasteiger partial charge in [0.05, 0.1) is 12.5 Å². The summed E-state index contributed by atoms with van der Waals surface area (Å²) in [5.74, 6) is 0.336. The van der Waals surface area contributed by atoms with Crippen molar-refractivity contribution in [3.05, 3.63) is 46.8 Å². The Labute approximate surface area is 170 Å². The van der Waals surface area contributed by atoms with Gasteiger partial charge < -0.3 is 10.1 Å². The Hall–Kier alpha value is -1.90. The molecular weight excluding hydrogens is 396 g/mol. The number of nitrogens with one attached hydrogen (secondary N) is 1. The number of carbonyl (C=O) groups is 1. The zero-order chi connectivity index (χ0) is 20.1. The summed E-state index contributed by atoms with van der Waals surface area (Å²) in [5.41, 5.74) is 2.37. The predicted octanol–water partition coefficient (Wildman–Crippen LogP) is 2.96. The molecule has 1 amide bonds. The van der Waals surface area contributed by atoms with Gasteiger partial charge in [-0.1, -0.05) is 12.1 Å². The summed E-state index contributed by atoms with van der Waals surface area (Å²) in [7, 11) is -3.51. The molecule has 1 unspecified atom stereocenters. The summed E-state index contributed by atoms with van der Waals surface area (Å²) in [6.45, 7) is 5.52. The molecule has 1 aromatic carbocycles. The molecule has 1 N–H and O–H groups in total. The molecule has 1 aliphatic rings. The van der Waals surface area contributed by atoms with E-state index < -0.39 is 10.0 Å². The molecule has 8 heteroatoms. The standard InChI is InChI=1S/C20H26N2O4S2/c1-15-7-8-18(13-16(15)2)26-11-9-21-20(23)17-5-3-10-22(14-17)28(24,25)19-6-4-12-27-19/h4,6-8,12-13,17H,3,5,9-11,14H2,1-2H3,(H,21,23). The second-order valence-electron chi connectivity index (χ2n) is 7.02. The summed E-state index contributed by atoms with van der Waals surface area (Å²) in [4.78, 5) is 12.5. The van der Waals surface area contributed by atoms with Gasteiger partial charge in [0, 0.05) is 13.1 Å². The monoisotopic (exact) mass is 422 g/mol. The van der Waals surface area contributed by atoms with Crippen LogP contribution in [0, 0.1) is 19.8 Å². The Morgan fingerprint density at radius 2 is 2.11 bits per heavy atom. The lowest BCUT2D eigenvalue weighted by atomic mass is 9.99. The second kappa shape index (κ2) is 9.07. The Morgan fingerprint density at radius 1 is 1.29 bits per heavy atom. The van der Waals surface area contributed by atoms with Gasteiger partial charge in [-0.05, 0) is 61.4 Å². The first kappa shape index (κ1) is 20.8. The van der Waals surface area contributed by atoms with Crippen LogP contribution in [0.25, 0.3) is 0 Å². The van der Waals surface area contributed by atoms with E-state index in [1.807, 2.05) is 32.0 Å². The SMILES string of the molecule is Cc1ccc(OCCNC(=O)C2CCCN(S(=O)(=O)c3cccs3)C2)cc1C. The van der Waals surface area contributed by atoms with E-state index >= 15 is 0 Å². The van der Waals surface area contributed by atoms with Crippen molar-refractivity contribution in [2.24, 2.45) is 5.92 Å². The first-order valence-electron chi connectivity index (χ1n) is 9.39. The van der Waals surface area contributed by atoms with E-state index in [0.29, 0.717) is 36.7 Å². The molecular formula is C20H26N2O4S2. The van der Waals surface area contributed by atoms with E-state index in [1.165, 1.54) is 21.2 Å². The van der Waals surface area contributed by atoms with Crippen molar-refractivity contribution in [2.45, 2.75) is 30.9 Å². The average Bonchev–Trinajstić information content (AvgIpc) is 3.23. The third-order valence-electron chi connectivity index (χ3n) is 4.99. The normalized spacial score (nSPS) is 18.0. The van der Waals surface area contributed by atoms with Gasteiger partial charge in [-0.3, -0.25) is 4.79 Å². The zero-order valence-electron chi connectivity index (χ0n) is 16.2. The van der Waals surface area contributed by atoms with Gasteiger partial charge in [0.15, 0.2) is 0 Å². The molecule has 3 rings (SSSR count). The van der Waals surface area contributed by atoms with Crippen LogP contribution >= 0.6 is 11.3 Å². The van der Waals surface area contributed by atoms with Gasteiger partial charge in [-0.2, -0.15) is 4.31 Å². The van der Waals surface area contributed by atoms with Crippen LogP contribution in [0.3, 0.4) is 0 Å². The largest absolute Gasteiger partial charge is 0.492 e. The highest BCUT2D eigenvalue weighted by Crippen LogP contribution is 2.26. The third kappa shape index (κ3) is 4.92. The Morgan fingerprint density at radius 3 is 2.82 bits per heavy atom. The Balaban J connectivity index is 1.48. The molecule has 152 valence electrons. The molecule has 0 bridgehead atoms. The number of nitrogens with zero attached hydrogens (tertiary/aromatic N) is 1. The van der Waals surface area contributed by atoms with Crippen LogP contribution in [0.1, 0.15) is 24.0 Å². The molecule has 2 heterocycles. The van der Waals surface area contributed by atoms with E-state index in [0.717, 1.165) is 11.3 Å². The molecule has 0 radical (unpaired) electrons. The Bertz CT molecular complexity index is 910. The number of carbonyl (C=O) groups excluding carboxylic acids is 1. The topological polar surface area (TPSA) is 75.7 Å². The lowest BCUT2D eigenvalue weighted by Crippen LogP contribution is -2.45. The van der Waals surface area contributed by atoms with Crippen LogP contribution in [0.4, 0.5) is 0 Å². The number of sulfonamides is 1. The number of thiophene rings is 1. The van der Waals surface area contributed by atoms with Gasteiger partial charge >= 0.3 is 0 Å². The van der Waals surface area contributed by atoms with Crippen molar-refractivity contribution in [3.63, 3.8) is 0 Å². The molecule has 1 atom stereocenters. The Kier molecular flexibility index (Phi) is 6.74. The predicted molar refractivity (Wildman–Crippen MR) is 110 cm³/mol. The van der Waals surface area contributed by atoms with Gasteiger partial charge in [-0.15, -0.1) is 11.3 Å².